The molecule has 0 aliphatic carbocycles. The van der Waals surface area contributed by atoms with Crippen LogP contribution in [0.2, 0.25) is 0 Å². The zero-order chi connectivity index (χ0) is 22.9. The van der Waals surface area contributed by atoms with Crippen LogP contribution >= 0.6 is 0 Å². The van der Waals surface area contributed by atoms with Gasteiger partial charge >= 0.3 is 6.03 Å². The van der Waals surface area contributed by atoms with Gasteiger partial charge in [0.25, 0.3) is 11.8 Å². The van der Waals surface area contributed by atoms with E-state index in [9.17, 15) is 18.8 Å². The van der Waals surface area contributed by atoms with E-state index in [1.54, 1.807) is 18.2 Å². The number of urea groups is 1. The van der Waals surface area contributed by atoms with Crippen LogP contribution in [-0.2, 0) is 16.0 Å². The summed E-state index contributed by atoms with van der Waals surface area (Å²) >= 11 is 0. The predicted octanol–water partition coefficient (Wildman–Crippen LogP) is 4.84. The summed E-state index contributed by atoms with van der Waals surface area (Å²) in [6.45, 7) is 0.0667. The summed E-state index contributed by atoms with van der Waals surface area (Å²) < 4.78 is 13.2. The molecule has 5 nitrogen and oxygen atoms in total. The number of halogens is 1. The summed E-state index contributed by atoms with van der Waals surface area (Å²) in [5.74, 6) is -1.73. The number of imide groups is 2. The van der Waals surface area contributed by atoms with E-state index in [0.717, 1.165) is 37.6 Å². The second kappa shape index (κ2) is 8.31. The molecule has 6 heteroatoms. The maximum absolute atomic E-state index is 13.2. The van der Waals surface area contributed by atoms with Crippen molar-refractivity contribution in [3.63, 3.8) is 0 Å². The van der Waals surface area contributed by atoms with Crippen molar-refractivity contribution in [1.29, 1.82) is 0 Å². The molecule has 0 radical (unpaired) electrons. The molecular weight excluding hydrogens is 419 g/mol. The van der Waals surface area contributed by atoms with E-state index in [-0.39, 0.29) is 17.9 Å². The molecule has 0 aromatic heterocycles. The lowest BCUT2D eigenvalue weighted by atomic mass is 9.94. The van der Waals surface area contributed by atoms with Gasteiger partial charge in [-0.3, -0.25) is 19.8 Å². The monoisotopic (exact) mass is 438 g/mol. The first kappa shape index (κ1) is 20.6. The molecule has 33 heavy (non-hydrogen) atoms. The molecule has 0 atom stereocenters. The fourth-order valence-electron chi connectivity index (χ4n) is 4.14. The van der Waals surface area contributed by atoms with Gasteiger partial charge in [-0.25, -0.2) is 9.18 Å². The van der Waals surface area contributed by atoms with E-state index >= 15 is 0 Å². The Bertz CT molecular complexity index is 1400. The first-order chi connectivity index (χ1) is 16.0. The summed E-state index contributed by atoms with van der Waals surface area (Å²) in [5.41, 5.74) is 1.42. The lowest BCUT2D eigenvalue weighted by Gasteiger charge is -2.26. The largest absolute Gasteiger partial charge is 0.331 e. The first-order valence-electron chi connectivity index (χ1n) is 10.5. The molecular formula is C27H19FN2O3. The molecule has 1 heterocycles. The van der Waals surface area contributed by atoms with E-state index < -0.39 is 17.8 Å². The van der Waals surface area contributed by atoms with Crippen LogP contribution in [0.15, 0.2) is 84.4 Å². The van der Waals surface area contributed by atoms with E-state index in [1.165, 1.54) is 12.1 Å². The fourth-order valence-corrected chi connectivity index (χ4v) is 4.14. The van der Waals surface area contributed by atoms with Crippen molar-refractivity contribution in [1.82, 2.24) is 10.2 Å². The van der Waals surface area contributed by atoms with Crippen LogP contribution in [0.4, 0.5) is 9.18 Å². The Morgan fingerprint density at radius 2 is 1.42 bits per heavy atom. The number of amides is 4. The Kier molecular flexibility index (Phi) is 5.18. The second-order valence-electron chi connectivity index (χ2n) is 7.88. The quantitative estimate of drug-likeness (QED) is 0.282. The van der Waals surface area contributed by atoms with E-state index in [0.29, 0.717) is 6.42 Å². The van der Waals surface area contributed by atoms with Crippen molar-refractivity contribution in [2.75, 3.05) is 6.54 Å². The van der Waals surface area contributed by atoms with Gasteiger partial charge in [-0.15, -0.1) is 0 Å². The Morgan fingerprint density at radius 3 is 2.06 bits per heavy atom. The highest BCUT2D eigenvalue weighted by molar-refractivity contribution is 6.31. The zero-order valence-electron chi connectivity index (χ0n) is 17.5. The number of hydrogen-bond acceptors (Lipinski definition) is 3. The highest BCUT2D eigenvalue weighted by Gasteiger charge is 2.35. The minimum atomic E-state index is -0.757. The van der Waals surface area contributed by atoms with Crippen LogP contribution in [0.1, 0.15) is 11.1 Å². The van der Waals surface area contributed by atoms with Crippen molar-refractivity contribution in [3.8, 4) is 0 Å². The number of barbiturate groups is 1. The molecule has 4 amide bonds. The summed E-state index contributed by atoms with van der Waals surface area (Å²) in [6, 6.07) is 22.7. The van der Waals surface area contributed by atoms with Crippen molar-refractivity contribution < 1.29 is 18.8 Å². The molecule has 1 aliphatic heterocycles. The normalized spacial score (nSPS) is 15.5. The van der Waals surface area contributed by atoms with Gasteiger partial charge in [-0.05, 0) is 63.4 Å². The zero-order valence-corrected chi connectivity index (χ0v) is 17.5. The maximum Gasteiger partial charge on any atom is 0.331 e. The fraction of sp³-hybridized carbons (Fsp3) is 0.0741. The van der Waals surface area contributed by atoms with Crippen LogP contribution in [0.25, 0.3) is 27.6 Å². The van der Waals surface area contributed by atoms with Gasteiger partial charge in [0, 0.05) is 6.54 Å². The third-order valence-electron chi connectivity index (χ3n) is 5.82. The molecule has 1 aliphatic rings. The van der Waals surface area contributed by atoms with Gasteiger partial charge in [0.1, 0.15) is 11.4 Å². The molecule has 0 bridgehead atoms. The van der Waals surface area contributed by atoms with Crippen LogP contribution in [0.3, 0.4) is 0 Å². The maximum atomic E-state index is 13.2. The highest BCUT2D eigenvalue weighted by atomic mass is 19.1. The van der Waals surface area contributed by atoms with Crippen LogP contribution in [0, 0.1) is 5.82 Å². The molecule has 5 rings (SSSR count). The molecule has 1 saturated heterocycles. The summed E-state index contributed by atoms with van der Waals surface area (Å²) in [5, 5.41) is 6.04. The molecule has 0 spiro atoms. The lowest BCUT2D eigenvalue weighted by Crippen LogP contribution is -2.54. The topological polar surface area (TPSA) is 66.5 Å². The Hall–Kier alpha value is -4.32. The average Bonchev–Trinajstić information content (AvgIpc) is 2.82. The molecule has 1 fully saturated rings. The number of rotatable bonds is 4. The Morgan fingerprint density at radius 1 is 0.818 bits per heavy atom. The van der Waals surface area contributed by atoms with Crippen molar-refractivity contribution >= 4 is 45.5 Å². The Labute approximate surface area is 189 Å². The summed E-state index contributed by atoms with van der Waals surface area (Å²) in [6.07, 6.45) is 1.91. The standard InChI is InChI=1S/C27H19FN2O3/c28-20-11-9-17(10-12-20)13-14-30-26(32)24(25(31)29-27(30)33)16-23-21-7-3-1-5-18(21)15-19-6-2-4-8-22(19)23/h1-12,15-16H,13-14H2,(H,29,31,33)/b24-16+. The average molecular weight is 438 g/mol. The van der Waals surface area contributed by atoms with Gasteiger partial charge in [0.15, 0.2) is 0 Å². The van der Waals surface area contributed by atoms with Gasteiger partial charge in [0.05, 0.1) is 0 Å². The SMILES string of the molecule is O=C1NC(=O)N(CCc2ccc(F)cc2)C(=O)/C1=C/c1c2ccccc2cc2ccccc12. The third-order valence-corrected chi connectivity index (χ3v) is 5.82. The number of hydrogen-bond donors (Lipinski definition) is 1. The number of carbonyl (C=O) groups is 3. The first-order valence-corrected chi connectivity index (χ1v) is 10.5. The number of benzene rings is 4. The number of nitrogens with one attached hydrogen (secondary N) is 1. The molecule has 0 saturated carbocycles. The van der Waals surface area contributed by atoms with Gasteiger partial charge < -0.3 is 0 Å². The number of nitrogens with zero attached hydrogens (tertiary/aromatic N) is 1. The molecule has 1 N–H and O–H groups in total. The van der Waals surface area contributed by atoms with Crippen LogP contribution in [-0.4, -0.2) is 29.3 Å². The van der Waals surface area contributed by atoms with Crippen molar-refractivity contribution in [3.05, 3.63) is 101 Å². The minimum Gasteiger partial charge on any atom is -0.273 e. The lowest BCUT2D eigenvalue weighted by molar-refractivity contribution is -0.130. The highest BCUT2D eigenvalue weighted by Crippen LogP contribution is 2.31. The van der Waals surface area contributed by atoms with Crippen LogP contribution in [0.5, 0.6) is 0 Å². The summed E-state index contributed by atoms with van der Waals surface area (Å²) in [7, 11) is 0. The van der Waals surface area contributed by atoms with Gasteiger partial charge in [0.2, 0.25) is 0 Å². The molecule has 162 valence electrons. The van der Waals surface area contributed by atoms with E-state index in [2.05, 4.69) is 11.4 Å². The van der Waals surface area contributed by atoms with Crippen LogP contribution < -0.4 is 5.32 Å². The summed E-state index contributed by atoms with van der Waals surface area (Å²) in [4.78, 5) is 39.3. The van der Waals surface area contributed by atoms with E-state index in [1.807, 2.05) is 48.5 Å². The Balaban J connectivity index is 1.55. The third kappa shape index (κ3) is 3.87. The predicted molar refractivity (Wildman–Crippen MR) is 125 cm³/mol. The van der Waals surface area contributed by atoms with Gasteiger partial charge in [-0.1, -0.05) is 60.7 Å². The second-order valence-corrected chi connectivity index (χ2v) is 7.88. The molecule has 4 aromatic rings. The van der Waals surface area contributed by atoms with E-state index in [4.69, 9.17) is 0 Å². The van der Waals surface area contributed by atoms with Gasteiger partial charge in [-0.2, -0.15) is 0 Å². The molecule has 0 unspecified atom stereocenters. The van der Waals surface area contributed by atoms with Crippen molar-refractivity contribution in [2.24, 2.45) is 0 Å². The smallest absolute Gasteiger partial charge is 0.273 e. The molecule has 4 aromatic carbocycles. The number of carbonyl (C=O) groups excluding carboxylic acids is 3. The van der Waals surface area contributed by atoms with Crippen molar-refractivity contribution in [2.45, 2.75) is 6.42 Å². The number of fused-ring (bicyclic) bond motifs is 2. The minimum absolute atomic E-state index is 0.0667.